The largest absolute Gasteiger partial charge is 0.492 e. The number of rotatable bonds is 14. The summed E-state index contributed by atoms with van der Waals surface area (Å²) < 4.78 is 12.0. The lowest BCUT2D eigenvalue weighted by molar-refractivity contribution is -0.125. The number of unbranched alkanes of at least 4 members (excludes halogenated alkanes) is 6. The van der Waals surface area contributed by atoms with Gasteiger partial charge in [-0.1, -0.05) is 64.5 Å². The summed E-state index contributed by atoms with van der Waals surface area (Å²) in [6, 6.07) is 3.69. The van der Waals surface area contributed by atoms with Gasteiger partial charge in [0, 0.05) is 18.6 Å². The smallest absolute Gasteiger partial charge is 0.156 e. The standard InChI is InChI=1S/C24H34O4/c1-3-5-7-9-15-27-23-21(18-25)12-11-20-17-24(19-26,14-13-22(20)23)28-16-10-8-6-4-2/h11-14,18-19H,3-10,15-17H2,1-2H3. The van der Waals surface area contributed by atoms with Gasteiger partial charge in [-0.2, -0.15) is 0 Å². The first-order valence-corrected chi connectivity index (χ1v) is 10.7. The Morgan fingerprint density at radius 3 is 2.32 bits per heavy atom. The minimum Gasteiger partial charge on any atom is -0.492 e. The summed E-state index contributed by atoms with van der Waals surface area (Å²) in [6.45, 7) is 5.52. The van der Waals surface area contributed by atoms with Crippen molar-refractivity contribution in [3.05, 3.63) is 34.9 Å². The summed E-state index contributed by atoms with van der Waals surface area (Å²) >= 11 is 0. The van der Waals surface area contributed by atoms with Crippen LogP contribution in [0.25, 0.3) is 6.08 Å². The van der Waals surface area contributed by atoms with Gasteiger partial charge in [0.05, 0.1) is 12.2 Å². The molecule has 1 atom stereocenters. The summed E-state index contributed by atoms with van der Waals surface area (Å²) in [5.74, 6) is 0.627. The number of hydrogen-bond donors (Lipinski definition) is 0. The third-order valence-corrected chi connectivity index (χ3v) is 5.26. The van der Waals surface area contributed by atoms with E-state index in [4.69, 9.17) is 9.47 Å². The SMILES string of the molecule is CCCCCCOc1c(C=O)ccc2c1C=CC(C=O)(OCCCCCC)C2. The van der Waals surface area contributed by atoms with E-state index in [2.05, 4.69) is 13.8 Å². The molecule has 4 nitrogen and oxygen atoms in total. The number of carbonyl (C=O) groups is 2. The Kier molecular flexibility index (Phi) is 9.42. The van der Waals surface area contributed by atoms with Crippen LogP contribution >= 0.6 is 0 Å². The molecule has 28 heavy (non-hydrogen) atoms. The molecule has 0 spiro atoms. The van der Waals surface area contributed by atoms with Crippen molar-refractivity contribution in [3.8, 4) is 5.75 Å². The zero-order valence-corrected chi connectivity index (χ0v) is 17.4. The van der Waals surface area contributed by atoms with Gasteiger partial charge in [0.2, 0.25) is 0 Å². The van der Waals surface area contributed by atoms with Crippen molar-refractivity contribution >= 4 is 18.6 Å². The van der Waals surface area contributed by atoms with Crippen LogP contribution in [0.15, 0.2) is 18.2 Å². The molecule has 2 rings (SSSR count). The molecular formula is C24H34O4. The lowest BCUT2D eigenvalue weighted by Gasteiger charge is -2.30. The number of carbonyl (C=O) groups excluding carboxylic acids is 2. The first-order chi connectivity index (χ1) is 13.7. The quantitative estimate of drug-likeness (QED) is 0.310. The fourth-order valence-corrected chi connectivity index (χ4v) is 3.54. The monoisotopic (exact) mass is 386 g/mol. The van der Waals surface area contributed by atoms with E-state index in [0.717, 1.165) is 49.4 Å². The van der Waals surface area contributed by atoms with E-state index in [1.807, 2.05) is 18.2 Å². The second-order valence-electron chi connectivity index (χ2n) is 7.58. The molecule has 0 amide bonds. The molecule has 0 N–H and O–H groups in total. The number of aldehydes is 2. The average molecular weight is 387 g/mol. The normalized spacial score (nSPS) is 17.9. The second-order valence-corrected chi connectivity index (χ2v) is 7.58. The van der Waals surface area contributed by atoms with E-state index in [1.54, 1.807) is 6.07 Å². The summed E-state index contributed by atoms with van der Waals surface area (Å²) in [7, 11) is 0. The average Bonchev–Trinajstić information content (AvgIpc) is 2.73. The van der Waals surface area contributed by atoms with Gasteiger partial charge < -0.3 is 9.47 Å². The van der Waals surface area contributed by atoms with Gasteiger partial charge in [-0.05, 0) is 30.5 Å². The van der Waals surface area contributed by atoms with Crippen molar-refractivity contribution in [1.29, 1.82) is 0 Å². The van der Waals surface area contributed by atoms with E-state index in [-0.39, 0.29) is 0 Å². The molecule has 1 unspecified atom stereocenters. The summed E-state index contributed by atoms with van der Waals surface area (Å²) in [4.78, 5) is 23.3. The Labute approximate surface area is 169 Å². The van der Waals surface area contributed by atoms with Crippen molar-refractivity contribution in [2.75, 3.05) is 13.2 Å². The van der Waals surface area contributed by atoms with Crippen LogP contribution in [-0.2, 0) is 16.0 Å². The molecule has 0 aromatic heterocycles. The maximum atomic E-state index is 11.8. The fourth-order valence-electron chi connectivity index (χ4n) is 3.54. The highest BCUT2D eigenvalue weighted by Gasteiger charge is 2.33. The summed E-state index contributed by atoms with van der Waals surface area (Å²) in [6.07, 6.45) is 14.8. The molecule has 0 radical (unpaired) electrons. The van der Waals surface area contributed by atoms with E-state index in [1.165, 1.54) is 25.7 Å². The molecule has 154 valence electrons. The molecule has 0 saturated carbocycles. The summed E-state index contributed by atoms with van der Waals surface area (Å²) in [5.41, 5.74) is 1.52. The molecule has 1 aromatic rings. The predicted octanol–water partition coefficient (Wildman–Crippen LogP) is 5.56. The minimum atomic E-state index is -0.916. The maximum Gasteiger partial charge on any atom is 0.156 e. The lowest BCUT2D eigenvalue weighted by Crippen LogP contribution is -2.37. The van der Waals surface area contributed by atoms with Crippen molar-refractivity contribution < 1.29 is 19.1 Å². The highest BCUT2D eigenvalue weighted by Crippen LogP contribution is 2.35. The second kappa shape index (κ2) is 11.8. The van der Waals surface area contributed by atoms with Crippen LogP contribution in [0.2, 0.25) is 0 Å². The Morgan fingerprint density at radius 2 is 1.68 bits per heavy atom. The van der Waals surface area contributed by atoms with Gasteiger partial charge in [0.1, 0.15) is 11.4 Å². The molecule has 1 aliphatic carbocycles. The molecule has 4 heteroatoms. The lowest BCUT2D eigenvalue weighted by atomic mass is 9.85. The molecule has 0 heterocycles. The van der Waals surface area contributed by atoms with Crippen molar-refractivity contribution in [2.45, 2.75) is 77.2 Å². The first kappa shape index (κ1) is 22.4. The van der Waals surface area contributed by atoms with E-state index in [9.17, 15) is 9.59 Å². The van der Waals surface area contributed by atoms with Crippen LogP contribution in [0.4, 0.5) is 0 Å². The maximum absolute atomic E-state index is 11.8. The molecule has 0 aliphatic heterocycles. The third kappa shape index (κ3) is 6.03. The minimum absolute atomic E-state index is 0.474. The van der Waals surface area contributed by atoms with E-state index >= 15 is 0 Å². The topological polar surface area (TPSA) is 52.6 Å². The van der Waals surface area contributed by atoms with Crippen molar-refractivity contribution in [2.24, 2.45) is 0 Å². The van der Waals surface area contributed by atoms with Gasteiger partial charge >= 0.3 is 0 Å². The summed E-state index contributed by atoms with van der Waals surface area (Å²) in [5, 5.41) is 0. The van der Waals surface area contributed by atoms with Crippen LogP contribution in [0.5, 0.6) is 5.75 Å². The zero-order valence-electron chi connectivity index (χ0n) is 17.4. The Bertz CT molecular complexity index is 665. The van der Waals surface area contributed by atoms with Crippen LogP contribution in [0.3, 0.4) is 0 Å². The molecule has 1 aliphatic rings. The van der Waals surface area contributed by atoms with Crippen LogP contribution in [0.1, 0.15) is 86.7 Å². The number of hydrogen-bond acceptors (Lipinski definition) is 4. The third-order valence-electron chi connectivity index (χ3n) is 5.26. The van der Waals surface area contributed by atoms with Crippen molar-refractivity contribution in [3.63, 3.8) is 0 Å². The number of benzene rings is 1. The predicted molar refractivity (Wildman–Crippen MR) is 113 cm³/mol. The number of ether oxygens (including phenoxy) is 2. The molecule has 1 aromatic carbocycles. The van der Waals surface area contributed by atoms with Gasteiger partial charge in [-0.25, -0.2) is 0 Å². The number of fused-ring (bicyclic) bond motifs is 1. The Balaban J connectivity index is 2.09. The van der Waals surface area contributed by atoms with Crippen LogP contribution in [-0.4, -0.2) is 31.4 Å². The molecule has 0 saturated heterocycles. The zero-order chi connectivity index (χ0) is 20.2. The van der Waals surface area contributed by atoms with Gasteiger partial charge in [-0.3, -0.25) is 9.59 Å². The Morgan fingerprint density at radius 1 is 0.964 bits per heavy atom. The van der Waals surface area contributed by atoms with Gasteiger partial charge in [-0.15, -0.1) is 0 Å². The van der Waals surface area contributed by atoms with Gasteiger partial charge in [0.25, 0.3) is 0 Å². The highest BCUT2D eigenvalue weighted by molar-refractivity contribution is 5.85. The van der Waals surface area contributed by atoms with Crippen molar-refractivity contribution in [1.82, 2.24) is 0 Å². The molecule has 0 fully saturated rings. The van der Waals surface area contributed by atoms with Crippen LogP contribution in [0, 0.1) is 0 Å². The highest BCUT2D eigenvalue weighted by atomic mass is 16.5. The van der Waals surface area contributed by atoms with E-state index in [0.29, 0.717) is 30.9 Å². The van der Waals surface area contributed by atoms with Gasteiger partial charge in [0.15, 0.2) is 12.6 Å². The fraction of sp³-hybridized carbons (Fsp3) is 0.583. The van der Waals surface area contributed by atoms with E-state index < -0.39 is 5.60 Å². The Hall–Kier alpha value is -1.94. The first-order valence-electron chi connectivity index (χ1n) is 10.7. The van der Waals surface area contributed by atoms with Crippen LogP contribution < -0.4 is 4.74 Å². The molecular weight excluding hydrogens is 352 g/mol. The molecule has 0 bridgehead atoms.